The summed E-state index contributed by atoms with van der Waals surface area (Å²) in [5.74, 6) is 2.22. The number of nitrogens with zero attached hydrogens (tertiary/aromatic N) is 2. The van der Waals surface area contributed by atoms with Crippen LogP contribution >= 0.6 is 24.0 Å². The average molecular weight is 489 g/mol. The zero-order valence-electron chi connectivity index (χ0n) is 16.5. The quantitative estimate of drug-likeness (QED) is 0.325. The number of aliphatic imine (C=N–C) groups is 1. The van der Waals surface area contributed by atoms with E-state index in [1.165, 1.54) is 0 Å². The zero-order chi connectivity index (χ0) is 18.5. The monoisotopic (exact) mass is 489 g/mol. The Kier molecular flexibility index (Phi) is 8.37. The highest BCUT2D eigenvalue weighted by molar-refractivity contribution is 14.0. The van der Waals surface area contributed by atoms with Gasteiger partial charge in [-0.15, -0.1) is 24.0 Å². The summed E-state index contributed by atoms with van der Waals surface area (Å²) in [4.78, 5) is 16.6. The van der Waals surface area contributed by atoms with Crippen molar-refractivity contribution in [2.75, 3.05) is 7.05 Å². The topological polar surface area (TPSA) is 91.6 Å². The third-order valence-electron chi connectivity index (χ3n) is 5.13. The van der Waals surface area contributed by atoms with Gasteiger partial charge in [0.2, 0.25) is 5.91 Å². The van der Waals surface area contributed by atoms with Gasteiger partial charge in [0.1, 0.15) is 0 Å². The van der Waals surface area contributed by atoms with E-state index in [1.54, 1.807) is 7.05 Å². The van der Waals surface area contributed by atoms with Crippen molar-refractivity contribution in [3.63, 3.8) is 0 Å². The van der Waals surface area contributed by atoms with Crippen molar-refractivity contribution in [2.24, 2.45) is 10.9 Å². The van der Waals surface area contributed by atoms with Gasteiger partial charge in [0.25, 0.3) is 0 Å². The number of rotatable bonds is 6. The number of carbonyl (C=O) groups is 1. The molecule has 0 saturated heterocycles. The Hall–Kier alpha value is -1.32. The first-order chi connectivity index (χ1) is 12.5. The van der Waals surface area contributed by atoms with E-state index in [0.717, 1.165) is 55.9 Å². The van der Waals surface area contributed by atoms with Crippen LogP contribution in [0.25, 0.3) is 0 Å². The number of aromatic nitrogens is 1. The second kappa shape index (κ2) is 10.3. The molecule has 2 unspecified atom stereocenters. The maximum atomic E-state index is 12.3. The molecular formula is C19H32IN5O2. The normalized spacial score (nSPS) is 22.9. The Balaban J connectivity index is 0.00000261. The molecule has 1 amide bonds. The van der Waals surface area contributed by atoms with Gasteiger partial charge >= 0.3 is 0 Å². The first-order valence-corrected chi connectivity index (χ1v) is 9.78. The van der Waals surface area contributed by atoms with E-state index < -0.39 is 0 Å². The Morgan fingerprint density at radius 3 is 2.67 bits per heavy atom. The summed E-state index contributed by atoms with van der Waals surface area (Å²) in [6.45, 7) is 4.72. The minimum atomic E-state index is 0. The second-order valence-electron chi connectivity index (χ2n) is 7.79. The molecule has 2 atom stereocenters. The third-order valence-corrected chi connectivity index (χ3v) is 5.13. The maximum absolute atomic E-state index is 12.3. The number of amides is 1. The van der Waals surface area contributed by atoms with E-state index in [2.05, 4.69) is 39.9 Å². The molecule has 2 aliphatic carbocycles. The molecule has 1 aromatic rings. The highest BCUT2D eigenvalue weighted by Crippen LogP contribution is 2.26. The first kappa shape index (κ1) is 22.0. The molecular weight excluding hydrogens is 457 g/mol. The molecule has 2 saturated carbocycles. The van der Waals surface area contributed by atoms with Crippen molar-refractivity contribution in [1.82, 2.24) is 21.1 Å². The van der Waals surface area contributed by atoms with E-state index in [-0.39, 0.29) is 41.8 Å². The van der Waals surface area contributed by atoms with E-state index in [1.807, 2.05) is 6.07 Å². The molecule has 3 rings (SSSR count). The Morgan fingerprint density at radius 1 is 1.26 bits per heavy atom. The standard InChI is InChI=1S/C19H31N5O2.HI/c1-12(2)17-10-16(26-24-17)11-21-19(20-3)23-15-6-4-5-13(9-15)18(25)22-14-7-8-14;/h10,12-15H,4-9,11H2,1-3H3,(H,22,25)(H2,20,21,23);1H. The van der Waals surface area contributed by atoms with Crippen LogP contribution in [0.3, 0.4) is 0 Å². The molecule has 0 radical (unpaired) electrons. The van der Waals surface area contributed by atoms with Crippen LogP contribution in [-0.2, 0) is 11.3 Å². The van der Waals surface area contributed by atoms with Gasteiger partial charge in [0.05, 0.1) is 12.2 Å². The van der Waals surface area contributed by atoms with Gasteiger partial charge in [-0.3, -0.25) is 9.79 Å². The molecule has 0 aromatic carbocycles. The summed E-state index contributed by atoms with van der Waals surface area (Å²) in [5, 5.41) is 13.9. The summed E-state index contributed by atoms with van der Waals surface area (Å²) in [5.41, 5.74) is 0.960. The minimum absolute atomic E-state index is 0. The van der Waals surface area contributed by atoms with Crippen LogP contribution in [0.1, 0.15) is 69.7 Å². The minimum Gasteiger partial charge on any atom is -0.359 e. The molecule has 0 spiro atoms. The first-order valence-electron chi connectivity index (χ1n) is 9.78. The van der Waals surface area contributed by atoms with Crippen molar-refractivity contribution >= 4 is 35.8 Å². The van der Waals surface area contributed by atoms with Crippen molar-refractivity contribution in [3.05, 3.63) is 17.5 Å². The largest absolute Gasteiger partial charge is 0.359 e. The number of hydrogen-bond acceptors (Lipinski definition) is 4. The van der Waals surface area contributed by atoms with Crippen molar-refractivity contribution < 1.29 is 9.32 Å². The van der Waals surface area contributed by atoms with Crippen molar-refractivity contribution in [3.8, 4) is 0 Å². The summed E-state index contributed by atoms with van der Waals surface area (Å²) >= 11 is 0. The van der Waals surface area contributed by atoms with Crippen LogP contribution in [0.4, 0.5) is 0 Å². The van der Waals surface area contributed by atoms with E-state index in [0.29, 0.717) is 18.5 Å². The molecule has 0 bridgehead atoms. The van der Waals surface area contributed by atoms with Gasteiger partial charge in [-0.1, -0.05) is 25.4 Å². The van der Waals surface area contributed by atoms with Gasteiger partial charge in [0, 0.05) is 31.1 Å². The molecule has 8 heteroatoms. The molecule has 1 heterocycles. The van der Waals surface area contributed by atoms with Crippen LogP contribution in [0.5, 0.6) is 0 Å². The van der Waals surface area contributed by atoms with Crippen LogP contribution < -0.4 is 16.0 Å². The lowest BCUT2D eigenvalue weighted by Crippen LogP contribution is -2.47. The molecule has 1 aromatic heterocycles. The van der Waals surface area contributed by atoms with Gasteiger partial charge in [-0.05, 0) is 38.0 Å². The van der Waals surface area contributed by atoms with Gasteiger partial charge in [-0.25, -0.2) is 0 Å². The van der Waals surface area contributed by atoms with Crippen LogP contribution in [0, 0.1) is 5.92 Å². The predicted molar refractivity (Wildman–Crippen MR) is 116 cm³/mol. The summed E-state index contributed by atoms with van der Waals surface area (Å²) in [6, 6.07) is 2.68. The van der Waals surface area contributed by atoms with Crippen molar-refractivity contribution in [1.29, 1.82) is 0 Å². The van der Waals surface area contributed by atoms with E-state index >= 15 is 0 Å². The second-order valence-corrected chi connectivity index (χ2v) is 7.79. The Labute approximate surface area is 178 Å². The molecule has 3 N–H and O–H groups in total. The lowest BCUT2D eigenvalue weighted by Gasteiger charge is -2.30. The summed E-state index contributed by atoms with van der Waals surface area (Å²) in [7, 11) is 1.76. The molecule has 0 aliphatic heterocycles. The summed E-state index contributed by atoms with van der Waals surface area (Å²) < 4.78 is 5.35. The van der Waals surface area contributed by atoms with Crippen molar-refractivity contribution in [2.45, 2.75) is 76.9 Å². The number of guanidine groups is 1. The molecule has 2 fully saturated rings. The smallest absolute Gasteiger partial charge is 0.223 e. The number of hydrogen-bond donors (Lipinski definition) is 3. The van der Waals surface area contributed by atoms with Crippen LogP contribution in [-0.4, -0.2) is 36.2 Å². The SMILES string of the molecule is CN=C(NCc1cc(C(C)C)no1)NC1CCCC(C(=O)NC2CC2)C1.I. The fourth-order valence-electron chi connectivity index (χ4n) is 3.35. The molecule has 2 aliphatic rings. The fourth-order valence-corrected chi connectivity index (χ4v) is 3.35. The van der Waals surface area contributed by atoms with E-state index in [4.69, 9.17) is 4.52 Å². The van der Waals surface area contributed by atoms with Gasteiger partial charge < -0.3 is 20.5 Å². The molecule has 152 valence electrons. The highest BCUT2D eigenvalue weighted by atomic mass is 127. The lowest BCUT2D eigenvalue weighted by atomic mass is 9.85. The highest BCUT2D eigenvalue weighted by Gasteiger charge is 2.31. The Morgan fingerprint density at radius 2 is 2.04 bits per heavy atom. The lowest BCUT2D eigenvalue weighted by molar-refractivity contribution is -0.126. The summed E-state index contributed by atoms with van der Waals surface area (Å²) in [6.07, 6.45) is 6.25. The molecule has 27 heavy (non-hydrogen) atoms. The van der Waals surface area contributed by atoms with Gasteiger partial charge in [-0.2, -0.15) is 0 Å². The maximum Gasteiger partial charge on any atom is 0.223 e. The van der Waals surface area contributed by atoms with Gasteiger partial charge in [0.15, 0.2) is 11.7 Å². The fraction of sp³-hybridized carbons (Fsp3) is 0.737. The third kappa shape index (κ3) is 6.65. The Bertz CT molecular complexity index is 642. The number of halogens is 1. The zero-order valence-corrected chi connectivity index (χ0v) is 18.8. The van der Waals surface area contributed by atoms with Crippen LogP contribution in [0.15, 0.2) is 15.6 Å². The molecule has 7 nitrogen and oxygen atoms in total. The number of carbonyl (C=O) groups excluding carboxylic acids is 1. The predicted octanol–water partition coefficient (Wildman–Crippen LogP) is 2.92. The number of nitrogens with one attached hydrogen (secondary N) is 3. The van der Waals surface area contributed by atoms with Crippen LogP contribution in [0.2, 0.25) is 0 Å². The van der Waals surface area contributed by atoms with E-state index in [9.17, 15) is 4.79 Å². The average Bonchev–Trinajstić information content (AvgIpc) is 3.31.